The normalized spacial score (nSPS) is 23.7. The summed E-state index contributed by atoms with van der Waals surface area (Å²) >= 11 is 6.25. The second kappa shape index (κ2) is 15.6. The van der Waals surface area contributed by atoms with Gasteiger partial charge in [0.2, 0.25) is 23.5 Å². The van der Waals surface area contributed by atoms with Crippen LogP contribution < -0.4 is 21.4 Å². The van der Waals surface area contributed by atoms with E-state index in [4.69, 9.17) is 16.4 Å². The molecule has 2 saturated carbocycles. The molecular weight excluding hydrogens is 646 g/mol. The molecule has 268 valence electrons. The van der Waals surface area contributed by atoms with Crippen LogP contribution in [0.3, 0.4) is 0 Å². The number of hydrogen-bond acceptors (Lipinski definition) is 7. The van der Waals surface area contributed by atoms with E-state index in [0.29, 0.717) is 29.5 Å². The van der Waals surface area contributed by atoms with Crippen LogP contribution in [0.2, 0.25) is 5.02 Å². The highest BCUT2D eigenvalue weighted by atomic mass is 35.5. The lowest BCUT2D eigenvalue weighted by atomic mass is 9.84. The predicted molar refractivity (Wildman–Crippen MR) is 187 cm³/mol. The number of carbonyl (C=O) groups is 5. The van der Waals surface area contributed by atoms with Crippen molar-refractivity contribution in [1.82, 2.24) is 26.3 Å². The number of rotatable bonds is 13. The minimum absolute atomic E-state index is 0.00284. The van der Waals surface area contributed by atoms with Crippen LogP contribution in [-0.2, 0) is 28.8 Å². The smallest absolute Gasteiger partial charge is 0.289 e. The third kappa shape index (κ3) is 9.42. The first-order chi connectivity index (χ1) is 23.3. The van der Waals surface area contributed by atoms with Gasteiger partial charge in [-0.25, -0.2) is 0 Å². The van der Waals surface area contributed by atoms with E-state index in [-0.39, 0.29) is 31.3 Å². The Morgan fingerprint density at radius 3 is 2.45 bits per heavy atom. The largest absolute Gasteiger partial charge is 0.347 e. The van der Waals surface area contributed by atoms with Gasteiger partial charge in [-0.3, -0.25) is 34.3 Å². The molecule has 5 rings (SSSR count). The van der Waals surface area contributed by atoms with E-state index in [0.717, 1.165) is 37.7 Å². The van der Waals surface area contributed by atoms with Crippen LogP contribution in [0.25, 0.3) is 5.70 Å². The molecule has 49 heavy (non-hydrogen) atoms. The number of hydroxylamine groups is 1. The first kappa shape index (κ1) is 36.8. The van der Waals surface area contributed by atoms with Crippen LogP contribution in [0.5, 0.6) is 0 Å². The van der Waals surface area contributed by atoms with Gasteiger partial charge in [0.15, 0.2) is 0 Å². The summed E-state index contributed by atoms with van der Waals surface area (Å²) in [4.78, 5) is 75.4. The lowest BCUT2D eigenvalue weighted by Crippen LogP contribution is -2.59. The van der Waals surface area contributed by atoms with E-state index in [9.17, 15) is 24.0 Å². The van der Waals surface area contributed by atoms with E-state index in [2.05, 4.69) is 21.4 Å². The molecule has 0 aromatic heterocycles. The van der Waals surface area contributed by atoms with Gasteiger partial charge in [-0.2, -0.15) is 0 Å². The van der Waals surface area contributed by atoms with Gasteiger partial charge in [0.05, 0.1) is 18.3 Å². The molecule has 4 atom stereocenters. The average Bonchev–Trinajstić information content (AvgIpc) is 3.66. The fourth-order valence-electron chi connectivity index (χ4n) is 7.15. The van der Waals surface area contributed by atoms with E-state index >= 15 is 0 Å². The Morgan fingerprint density at radius 1 is 1.06 bits per heavy atom. The van der Waals surface area contributed by atoms with Crippen molar-refractivity contribution in [2.24, 2.45) is 11.3 Å². The molecule has 2 aliphatic carbocycles. The molecule has 0 radical (unpaired) electrons. The van der Waals surface area contributed by atoms with Crippen LogP contribution in [0, 0.1) is 11.3 Å². The topological polar surface area (TPSA) is 146 Å². The summed E-state index contributed by atoms with van der Waals surface area (Å²) in [6.07, 6.45) is 11.4. The van der Waals surface area contributed by atoms with E-state index in [1.54, 1.807) is 12.1 Å². The number of likely N-dealkylation sites (tertiary alicyclic amines) is 1. The molecule has 4 amide bonds. The summed E-state index contributed by atoms with van der Waals surface area (Å²) in [6.45, 7) is 7.56. The molecule has 0 unspecified atom stereocenters. The minimum Gasteiger partial charge on any atom is -0.347 e. The number of ketones is 1. The van der Waals surface area contributed by atoms with Gasteiger partial charge in [0.25, 0.3) is 5.91 Å². The second-order valence-corrected chi connectivity index (χ2v) is 15.8. The maximum absolute atomic E-state index is 14.6. The minimum atomic E-state index is -1.07. The quantitative estimate of drug-likeness (QED) is 0.221. The van der Waals surface area contributed by atoms with Gasteiger partial charge in [0, 0.05) is 29.5 Å². The predicted octanol–water partition coefficient (Wildman–Crippen LogP) is 4.58. The molecule has 1 saturated heterocycles. The van der Waals surface area contributed by atoms with Gasteiger partial charge >= 0.3 is 0 Å². The van der Waals surface area contributed by atoms with Gasteiger partial charge in [0.1, 0.15) is 17.7 Å². The van der Waals surface area contributed by atoms with E-state index in [1.165, 1.54) is 24.2 Å². The van der Waals surface area contributed by atoms with Gasteiger partial charge in [-0.1, -0.05) is 90.0 Å². The molecule has 4 N–H and O–H groups in total. The van der Waals surface area contributed by atoms with E-state index < -0.39 is 52.6 Å². The Hall–Kier alpha value is -3.44. The Labute approximate surface area is 294 Å². The van der Waals surface area contributed by atoms with Crippen LogP contribution in [0.1, 0.15) is 110 Å². The highest BCUT2D eigenvalue weighted by Crippen LogP contribution is 2.39. The van der Waals surface area contributed by atoms with Crippen molar-refractivity contribution in [2.75, 3.05) is 6.54 Å². The maximum atomic E-state index is 14.6. The number of carbonyl (C=O) groups excluding carboxylic acids is 5. The molecule has 3 fully saturated rings. The zero-order valence-electron chi connectivity index (χ0n) is 29.2. The highest BCUT2D eigenvalue weighted by molar-refractivity contribution is 6.38. The van der Waals surface area contributed by atoms with Crippen molar-refractivity contribution in [3.05, 3.63) is 40.9 Å². The van der Waals surface area contributed by atoms with Crippen LogP contribution in [0.4, 0.5) is 0 Å². The molecule has 11 nitrogen and oxygen atoms in total. The second-order valence-electron chi connectivity index (χ2n) is 15.4. The van der Waals surface area contributed by atoms with Crippen LogP contribution in [-0.4, -0.2) is 70.6 Å². The molecular formula is C37H52ClN5O6. The Kier molecular flexibility index (Phi) is 11.7. The number of nitrogens with one attached hydrogen (secondary N) is 4. The van der Waals surface area contributed by atoms with Crippen molar-refractivity contribution < 1.29 is 28.8 Å². The summed E-state index contributed by atoms with van der Waals surface area (Å²) in [5.41, 5.74) is 2.65. The Balaban J connectivity index is 1.38. The molecule has 2 heterocycles. The third-order valence-corrected chi connectivity index (χ3v) is 10.4. The van der Waals surface area contributed by atoms with Gasteiger partial charge in [-0.15, -0.1) is 0 Å². The summed E-state index contributed by atoms with van der Waals surface area (Å²) in [5.74, 6) is -2.04. The average molecular weight is 698 g/mol. The molecule has 0 bridgehead atoms. The first-order valence-electron chi connectivity index (χ1n) is 18.0. The zero-order chi connectivity index (χ0) is 35.3. The van der Waals surface area contributed by atoms with Crippen LogP contribution >= 0.6 is 11.6 Å². The van der Waals surface area contributed by atoms with Crippen molar-refractivity contribution in [2.45, 2.75) is 135 Å². The highest BCUT2D eigenvalue weighted by Gasteiger charge is 2.54. The molecule has 2 aliphatic heterocycles. The lowest BCUT2D eigenvalue weighted by molar-refractivity contribution is -0.145. The molecule has 4 aliphatic rings. The lowest BCUT2D eigenvalue weighted by Gasteiger charge is -2.36. The zero-order valence-corrected chi connectivity index (χ0v) is 30.0. The Bertz CT molecular complexity index is 1450. The first-order valence-corrected chi connectivity index (χ1v) is 18.3. The third-order valence-electron chi connectivity index (χ3n) is 10.1. The summed E-state index contributed by atoms with van der Waals surface area (Å²) < 4.78 is 0. The van der Waals surface area contributed by atoms with Crippen LogP contribution in [0.15, 0.2) is 30.3 Å². The summed E-state index contributed by atoms with van der Waals surface area (Å²) in [7, 11) is 0. The number of benzene rings is 1. The number of hydrogen-bond donors (Lipinski definition) is 4. The Morgan fingerprint density at radius 2 is 1.80 bits per heavy atom. The monoisotopic (exact) mass is 697 g/mol. The van der Waals surface area contributed by atoms with Gasteiger partial charge < -0.3 is 20.9 Å². The molecule has 1 spiro atoms. The number of Topliss-reactive ketones (excluding diaryl/α,β-unsaturated/α-hetero) is 1. The van der Waals surface area contributed by atoms with Crippen molar-refractivity contribution >= 4 is 46.7 Å². The summed E-state index contributed by atoms with van der Waals surface area (Å²) in [6, 6.07) is 4.26. The SMILES string of the molecule is CCC[C@H](NC(=O)[C@@H]1C[C@]2(C=C(c3cccc(Cl)c3)NO2)CN1C(=O)[C@@H](NC(=O)CCC1CCCCC1)C(C)(C)C)C(=O)C(=O)NC1CC1. The number of amides is 4. The fourth-order valence-corrected chi connectivity index (χ4v) is 7.34. The summed E-state index contributed by atoms with van der Waals surface area (Å²) in [5, 5.41) is 9.09. The molecule has 1 aromatic rings. The van der Waals surface area contributed by atoms with Crippen molar-refractivity contribution in [1.29, 1.82) is 0 Å². The number of halogens is 1. The number of nitrogens with zero attached hydrogens (tertiary/aromatic N) is 1. The maximum Gasteiger partial charge on any atom is 0.289 e. The van der Waals surface area contributed by atoms with E-state index in [1.807, 2.05) is 45.9 Å². The van der Waals surface area contributed by atoms with Crippen molar-refractivity contribution in [3.8, 4) is 0 Å². The molecule has 1 aromatic carbocycles. The fraction of sp³-hybridized carbons (Fsp3) is 0.649. The standard InChI is InChI=1S/C37H52ClN5O6/c1-5-10-27(31(45)34(47)39-26-16-17-26)40-33(46)29-21-37(20-28(42-49-37)24-13-9-14-25(38)19-24)22-43(29)35(48)32(36(2,3)4)41-30(44)18-15-23-11-7-6-8-12-23/h9,13-14,19-20,23,26-27,29,32,42H,5-8,10-12,15-18,21-22H2,1-4H3,(H,39,47)(H,40,46)(H,41,44)/t27-,29-,32+,37+/m0/s1. The van der Waals surface area contributed by atoms with Crippen molar-refractivity contribution in [3.63, 3.8) is 0 Å². The molecule has 12 heteroatoms. The van der Waals surface area contributed by atoms with Gasteiger partial charge in [-0.05, 0) is 55.2 Å².